The molecule has 0 spiro atoms. The number of anilines is 1. The van der Waals surface area contributed by atoms with Gasteiger partial charge < -0.3 is 5.32 Å². The molecule has 0 saturated carbocycles. The van der Waals surface area contributed by atoms with Crippen LogP contribution in [0.5, 0.6) is 0 Å². The predicted molar refractivity (Wildman–Crippen MR) is 86.4 cm³/mol. The first kappa shape index (κ1) is 17.9. The van der Waals surface area contributed by atoms with Crippen LogP contribution in [0.4, 0.5) is 18.9 Å². The molecule has 9 heteroatoms. The number of carbonyl (C=O) groups is 3. The second-order valence-electron chi connectivity index (χ2n) is 5.45. The van der Waals surface area contributed by atoms with Crippen LogP contribution in [-0.2, 0) is 4.79 Å². The Morgan fingerprint density at radius 1 is 1.04 bits per heavy atom. The van der Waals surface area contributed by atoms with Crippen molar-refractivity contribution >= 4 is 35.0 Å². The number of carbonyl (C=O) groups excluding carboxylic acids is 3. The van der Waals surface area contributed by atoms with Gasteiger partial charge in [-0.25, -0.2) is 13.2 Å². The number of nitrogens with one attached hydrogen (secondary N) is 1. The van der Waals surface area contributed by atoms with E-state index in [0.29, 0.717) is 6.07 Å². The van der Waals surface area contributed by atoms with E-state index in [1.807, 2.05) is 0 Å². The van der Waals surface area contributed by atoms with Gasteiger partial charge in [0.1, 0.15) is 0 Å². The highest BCUT2D eigenvalue weighted by Gasteiger charge is 2.37. The van der Waals surface area contributed by atoms with E-state index in [1.165, 1.54) is 18.2 Å². The standard InChI is InChI=1S/C17H10ClF3N2O3/c18-9-3-1-2-8-13(9)17(26)23(16(8)25)7-6-12(24)22-11-5-4-10(19)14(20)15(11)21/h1-5H,6-7H2,(H,22,24). The molecular weight excluding hydrogens is 373 g/mol. The summed E-state index contributed by atoms with van der Waals surface area (Å²) in [6.45, 7) is -0.278. The number of benzene rings is 2. The molecule has 0 bridgehead atoms. The van der Waals surface area contributed by atoms with E-state index in [2.05, 4.69) is 5.32 Å². The van der Waals surface area contributed by atoms with Gasteiger partial charge in [0, 0.05) is 13.0 Å². The molecule has 26 heavy (non-hydrogen) atoms. The minimum atomic E-state index is -1.71. The molecule has 1 N–H and O–H groups in total. The van der Waals surface area contributed by atoms with Crippen molar-refractivity contribution in [2.75, 3.05) is 11.9 Å². The fraction of sp³-hybridized carbons (Fsp3) is 0.118. The number of halogens is 4. The summed E-state index contributed by atoms with van der Waals surface area (Å²) in [5, 5.41) is 2.19. The molecule has 134 valence electrons. The van der Waals surface area contributed by atoms with Gasteiger partial charge in [0.2, 0.25) is 5.91 Å². The van der Waals surface area contributed by atoms with E-state index in [9.17, 15) is 27.6 Å². The van der Waals surface area contributed by atoms with Crippen molar-refractivity contribution in [3.05, 3.63) is 63.9 Å². The lowest BCUT2D eigenvalue weighted by molar-refractivity contribution is -0.116. The molecule has 0 radical (unpaired) electrons. The lowest BCUT2D eigenvalue weighted by Crippen LogP contribution is -2.33. The van der Waals surface area contributed by atoms with E-state index >= 15 is 0 Å². The maximum absolute atomic E-state index is 13.5. The fourth-order valence-corrected chi connectivity index (χ4v) is 2.80. The van der Waals surface area contributed by atoms with Crippen LogP contribution < -0.4 is 5.32 Å². The van der Waals surface area contributed by atoms with E-state index in [0.717, 1.165) is 11.0 Å². The molecular formula is C17H10ClF3N2O3. The van der Waals surface area contributed by atoms with Crippen molar-refractivity contribution in [2.45, 2.75) is 6.42 Å². The van der Waals surface area contributed by atoms with E-state index in [-0.39, 0.29) is 29.1 Å². The number of hydrogen-bond donors (Lipinski definition) is 1. The van der Waals surface area contributed by atoms with Gasteiger partial charge in [-0.3, -0.25) is 19.3 Å². The minimum Gasteiger partial charge on any atom is -0.323 e. The van der Waals surface area contributed by atoms with Gasteiger partial charge in [-0.2, -0.15) is 0 Å². The Morgan fingerprint density at radius 3 is 2.46 bits per heavy atom. The predicted octanol–water partition coefficient (Wildman–Crippen LogP) is 3.38. The van der Waals surface area contributed by atoms with Crippen LogP contribution in [-0.4, -0.2) is 29.2 Å². The molecule has 0 unspecified atom stereocenters. The van der Waals surface area contributed by atoms with E-state index in [1.54, 1.807) is 0 Å². The summed E-state index contributed by atoms with van der Waals surface area (Å²) in [7, 11) is 0. The Bertz CT molecular complexity index is 949. The summed E-state index contributed by atoms with van der Waals surface area (Å²) in [6.07, 6.45) is -0.360. The first-order valence-corrected chi connectivity index (χ1v) is 7.77. The smallest absolute Gasteiger partial charge is 0.263 e. The van der Waals surface area contributed by atoms with Crippen LogP contribution in [0.3, 0.4) is 0 Å². The van der Waals surface area contributed by atoms with Crippen LogP contribution >= 0.6 is 11.6 Å². The number of imide groups is 1. The number of fused-ring (bicyclic) bond motifs is 1. The third kappa shape index (κ3) is 3.03. The van der Waals surface area contributed by atoms with Gasteiger partial charge >= 0.3 is 0 Å². The Labute approximate surface area is 150 Å². The van der Waals surface area contributed by atoms with E-state index in [4.69, 9.17) is 11.6 Å². The molecule has 0 aromatic heterocycles. The van der Waals surface area contributed by atoms with Gasteiger partial charge in [-0.05, 0) is 24.3 Å². The lowest BCUT2D eigenvalue weighted by Gasteiger charge is -2.14. The zero-order valence-corrected chi connectivity index (χ0v) is 13.7. The number of nitrogens with zero attached hydrogens (tertiary/aromatic N) is 1. The van der Waals surface area contributed by atoms with E-state index < -0.39 is 40.9 Å². The topological polar surface area (TPSA) is 66.5 Å². The minimum absolute atomic E-state index is 0.0613. The summed E-state index contributed by atoms with van der Waals surface area (Å²) in [5.41, 5.74) is -0.347. The zero-order chi connectivity index (χ0) is 19.0. The molecule has 0 saturated heterocycles. The third-order valence-corrected chi connectivity index (χ3v) is 4.13. The first-order chi connectivity index (χ1) is 12.3. The number of amides is 3. The molecule has 5 nitrogen and oxygen atoms in total. The summed E-state index contributed by atoms with van der Waals surface area (Å²) in [6, 6.07) is 5.97. The molecule has 1 aliphatic heterocycles. The first-order valence-electron chi connectivity index (χ1n) is 7.39. The second kappa shape index (κ2) is 6.80. The molecule has 3 rings (SSSR count). The molecule has 1 aliphatic rings. The highest BCUT2D eigenvalue weighted by atomic mass is 35.5. The third-order valence-electron chi connectivity index (χ3n) is 3.82. The average Bonchev–Trinajstić information content (AvgIpc) is 2.85. The highest BCUT2D eigenvalue weighted by Crippen LogP contribution is 2.29. The summed E-state index contributed by atoms with van der Waals surface area (Å²) in [5.74, 6) is -6.65. The van der Waals surface area contributed by atoms with Crippen LogP contribution in [0.1, 0.15) is 27.1 Å². The van der Waals surface area contributed by atoms with Crippen LogP contribution in [0.15, 0.2) is 30.3 Å². The molecule has 3 amide bonds. The van der Waals surface area contributed by atoms with Gasteiger partial charge in [0.05, 0.1) is 21.8 Å². The van der Waals surface area contributed by atoms with Gasteiger partial charge in [0.25, 0.3) is 11.8 Å². The molecule has 2 aromatic rings. The Balaban J connectivity index is 1.68. The molecule has 0 aliphatic carbocycles. The van der Waals surface area contributed by atoms with Crippen molar-refractivity contribution in [3.63, 3.8) is 0 Å². The maximum atomic E-state index is 13.5. The van der Waals surface area contributed by atoms with Gasteiger partial charge in [0.15, 0.2) is 17.5 Å². The summed E-state index contributed by atoms with van der Waals surface area (Å²) in [4.78, 5) is 37.2. The second-order valence-corrected chi connectivity index (χ2v) is 5.85. The Hall–Kier alpha value is -2.87. The van der Waals surface area contributed by atoms with Crippen molar-refractivity contribution < 1.29 is 27.6 Å². The van der Waals surface area contributed by atoms with Crippen molar-refractivity contribution in [2.24, 2.45) is 0 Å². The number of hydrogen-bond acceptors (Lipinski definition) is 3. The maximum Gasteiger partial charge on any atom is 0.263 e. The Kier molecular flexibility index (Phi) is 4.69. The quantitative estimate of drug-likeness (QED) is 0.651. The lowest BCUT2D eigenvalue weighted by atomic mass is 10.1. The van der Waals surface area contributed by atoms with Crippen molar-refractivity contribution in [1.82, 2.24) is 4.90 Å². The van der Waals surface area contributed by atoms with Crippen LogP contribution in [0.2, 0.25) is 5.02 Å². The fourth-order valence-electron chi connectivity index (χ4n) is 2.54. The van der Waals surface area contributed by atoms with Crippen LogP contribution in [0.25, 0.3) is 0 Å². The van der Waals surface area contributed by atoms with Crippen molar-refractivity contribution in [3.8, 4) is 0 Å². The number of rotatable bonds is 4. The van der Waals surface area contributed by atoms with Crippen molar-refractivity contribution in [1.29, 1.82) is 0 Å². The molecule has 1 heterocycles. The van der Waals surface area contributed by atoms with Gasteiger partial charge in [-0.15, -0.1) is 0 Å². The highest BCUT2D eigenvalue weighted by molar-refractivity contribution is 6.37. The van der Waals surface area contributed by atoms with Crippen LogP contribution in [0, 0.1) is 17.5 Å². The monoisotopic (exact) mass is 382 g/mol. The Morgan fingerprint density at radius 2 is 1.77 bits per heavy atom. The normalized spacial score (nSPS) is 13.2. The SMILES string of the molecule is O=C(CCN1C(=O)c2cccc(Cl)c2C1=O)Nc1ccc(F)c(F)c1F. The summed E-state index contributed by atoms with van der Waals surface area (Å²) >= 11 is 5.92. The zero-order valence-electron chi connectivity index (χ0n) is 13.0. The molecule has 0 fully saturated rings. The largest absolute Gasteiger partial charge is 0.323 e. The molecule has 2 aromatic carbocycles. The average molecular weight is 383 g/mol. The molecule has 0 atom stereocenters. The van der Waals surface area contributed by atoms with Gasteiger partial charge in [-0.1, -0.05) is 17.7 Å². The summed E-state index contributed by atoms with van der Waals surface area (Å²) < 4.78 is 39.6.